The van der Waals surface area contributed by atoms with Crippen molar-refractivity contribution >= 4 is 19.8 Å². The lowest BCUT2D eigenvalue weighted by Crippen LogP contribution is -2.37. The summed E-state index contributed by atoms with van der Waals surface area (Å²) in [6.07, 6.45) is 67.8. The van der Waals surface area contributed by atoms with E-state index in [9.17, 15) is 19.0 Å². The van der Waals surface area contributed by atoms with Gasteiger partial charge in [-0.3, -0.25) is 14.2 Å². The molecule has 0 spiro atoms. The van der Waals surface area contributed by atoms with Gasteiger partial charge >= 0.3 is 11.9 Å². The van der Waals surface area contributed by atoms with Crippen molar-refractivity contribution in [1.82, 2.24) is 0 Å². The summed E-state index contributed by atoms with van der Waals surface area (Å²) in [5, 5.41) is 0. The number of carbonyl (C=O) groups is 2. The van der Waals surface area contributed by atoms with E-state index in [1.54, 1.807) is 0 Å². The summed E-state index contributed by atoms with van der Waals surface area (Å²) in [5.41, 5.74) is 0. The van der Waals surface area contributed by atoms with Gasteiger partial charge in [-0.2, -0.15) is 0 Å². The molecule has 404 valence electrons. The Hall–Kier alpha value is -2.81. The number of likely N-dealkylation sites (N-methyl/N-ethyl adjacent to an activating group) is 1. The minimum atomic E-state index is -4.65. The lowest BCUT2D eigenvalue weighted by atomic mass is 10.0. The van der Waals surface area contributed by atoms with Crippen LogP contribution in [0.4, 0.5) is 0 Å². The molecule has 0 bridgehead atoms. The summed E-state index contributed by atoms with van der Waals surface area (Å²) >= 11 is 0. The maximum Gasteiger partial charge on any atom is 0.306 e. The van der Waals surface area contributed by atoms with Crippen molar-refractivity contribution < 1.29 is 42.1 Å². The quantitative estimate of drug-likeness (QED) is 0.0195. The van der Waals surface area contributed by atoms with E-state index in [1.165, 1.54) is 128 Å². The third-order valence-corrected chi connectivity index (χ3v) is 12.9. The van der Waals surface area contributed by atoms with Crippen LogP contribution in [0.15, 0.2) is 85.1 Å². The molecule has 0 aromatic heterocycles. The van der Waals surface area contributed by atoms with E-state index >= 15 is 0 Å². The van der Waals surface area contributed by atoms with Gasteiger partial charge in [0.2, 0.25) is 0 Å². The molecule has 2 unspecified atom stereocenters. The van der Waals surface area contributed by atoms with Gasteiger partial charge in [-0.05, 0) is 64.2 Å². The third-order valence-electron chi connectivity index (χ3n) is 11.9. The number of hydrogen-bond acceptors (Lipinski definition) is 8. The lowest BCUT2D eigenvalue weighted by molar-refractivity contribution is -0.870. The van der Waals surface area contributed by atoms with Crippen LogP contribution in [0, 0.1) is 0 Å². The van der Waals surface area contributed by atoms with Crippen LogP contribution in [-0.4, -0.2) is 70.0 Å². The number of hydrogen-bond donors (Lipinski definition) is 0. The second kappa shape index (κ2) is 51.1. The molecular weight excluding hydrogens is 894 g/mol. The van der Waals surface area contributed by atoms with Crippen LogP contribution in [0.1, 0.15) is 232 Å². The first kappa shape index (κ1) is 67.2. The molecule has 0 radical (unpaired) electrons. The number of quaternary nitrogens is 1. The number of ether oxygens (including phenoxy) is 2. The van der Waals surface area contributed by atoms with Crippen molar-refractivity contribution in [3.05, 3.63) is 85.1 Å². The van der Waals surface area contributed by atoms with Gasteiger partial charge in [-0.1, -0.05) is 240 Å². The Labute approximate surface area is 431 Å². The maximum atomic E-state index is 12.8. The molecule has 0 saturated heterocycles. The highest BCUT2D eigenvalue weighted by atomic mass is 31.2. The van der Waals surface area contributed by atoms with Crippen LogP contribution in [0.25, 0.3) is 0 Å². The predicted molar refractivity (Wildman–Crippen MR) is 296 cm³/mol. The van der Waals surface area contributed by atoms with Crippen LogP contribution in [0.2, 0.25) is 0 Å². The highest BCUT2D eigenvalue weighted by Crippen LogP contribution is 2.38. The minimum absolute atomic E-state index is 0.0447. The van der Waals surface area contributed by atoms with Crippen molar-refractivity contribution in [2.75, 3.05) is 47.5 Å². The van der Waals surface area contributed by atoms with E-state index in [0.29, 0.717) is 23.9 Å². The standard InChI is InChI=1S/C60H106NO8P/c1-6-8-10-12-14-16-18-20-22-24-26-28-30-32-34-36-38-40-42-44-46-48-50-52-59(62)66-56-58(57-68-70(64,65)67-55-54-61(3,4)5)69-60(63)53-51-49-47-45-43-41-39-37-35-33-31-29-27-25-23-21-19-17-15-13-11-9-7-2/h9,11,15,17,21,23,27,29,33,35,39,41,45,47,58H,6-8,10,12-14,16,18-20,22,24-26,28,30-32,34,36-38,40,42-44,46,48-57H2,1-5H3/b11-9-,17-15-,23-21-,29-27-,35-33-,41-39-,47-45-. The van der Waals surface area contributed by atoms with Crippen molar-refractivity contribution in [2.24, 2.45) is 0 Å². The largest absolute Gasteiger partial charge is 0.756 e. The Kier molecular flexibility index (Phi) is 49.1. The fraction of sp³-hybridized carbons (Fsp3) is 0.733. The summed E-state index contributed by atoms with van der Waals surface area (Å²) in [6.45, 7) is 4.07. The first-order valence-corrected chi connectivity index (χ1v) is 29.8. The van der Waals surface area contributed by atoms with Crippen molar-refractivity contribution in [1.29, 1.82) is 0 Å². The number of rotatable bonds is 51. The van der Waals surface area contributed by atoms with Crippen molar-refractivity contribution in [3.8, 4) is 0 Å². The van der Waals surface area contributed by atoms with Crippen molar-refractivity contribution in [2.45, 2.75) is 238 Å². The third kappa shape index (κ3) is 54.5. The molecule has 9 nitrogen and oxygen atoms in total. The first-order valence-electron chi connectivity index (χ1n) is 28.3. The Bertz CT molecular complexity index is 1460. The molecule has 0 saturated carbocycles. The fourth-order valence-corrected chi connectivity index (χ4v) is 8.32. The molecule has 10 heteroatoms. The van der Waals surface area contributed by atoms with Gasteiger partial charge in [0, 0.05) is 12.8 Å². The van der Waals surface area contributed by atoms with E-state index in [4.69, 9.17) is 18.5 Å². The van der Waals surface area contributed by atoms with E-state index in [2.05, 4.69) is 92.8 Å². The van der Waals surface area contributed by atoms with Crippen LogP contribution in [0.5, 0.6) is 0 Å². The van der Waals surface area contributed by atoms with Gasteiger partial charge in [-0.15, -0.1) is 0 Å². The number of allylic oxidation sites excluding steroid dienone is 14. The smallest absolute Gasteiger partial charge is 0.306 e. The van der Waals surface area contributed by atoms with Crippen LogP contribution in [0.3, 0.4) is 0 Å². The number of phosphoric ester groups is 1. The Balaban J connectivity index is 4.28. The van der Waals surface area contributed by atoms with Crippen LogP contribution in [-0.2, 0) is 32.7 Å². The summed E-state index contributed by atoms with van der Waals surface area (Å²) in [7, 11) is 1.12. The Morgan fingerprint density at radius 1 is 0.457 bits per heavy atom. The van der Waals surface area contributed by atoms with E-state index < -0.39 is 32.5 Å². The van der Waals surface area contributed by atoms with Gasteiger partial charge in [0.05, 0.1) is 27.7 Å². The van der Waals surface area contributed by atoms with Crippen LogP contribution >= 0.6 is 7.82 Å². The summed E-state index contributed by atoms with van der Waals surface area (Å²) in [6, 6.07) is 0. The molecule has 0 aliphatic heterocycles. The molecule has 0 amide bonds. The van der Waals surface area contributed by atoms with Gasteiger partial charge in [-0.25, -0.2) is 0 Å². The molecule has 0 aliphatic rings. The highest BCUT2D eigenvalue weighted by molar-refractivity contribution is 7.45. The second-order valence-corrected chi connectivity index (χ2v) is 21.3. The second-order valence-electron chi connectivity index (χ2n) is 19.9. The average Bonchev–Trinajstić information content (AvgIpc) is 3.32. The van der Waals surface area contributed by atoms with Gasteiger partial charge in [0.1, 0.15) is 19.8 Å². The highest BCUT2D eigenvalue weighted by Gasteiger charge is 2.21. The van der Waals surface area contributed by atoms with Crippen molar-refractivity contribution in [3.63, 3.8) is 0 Å². The molecule has 0 heterocycles. The number of unbranched alkanes of at least 4 members (excludes halogenated alkanes) is 23. The van der Waals surface area contributed by atoms with Crippen LogP contribution < -0.4 is 4.89 Å². The number of carbonyl (C=O) groups excluding carboxylic acids is 2. The molecule has 0 aliphatic carbocycles. The first-order chi connectivity index (χ1) is 34.0. The van der Waals surface area contributed by atoms with Gasteiger partial charge < -0.3 is 27.9 Å². The van der Waals surface area contributed by atoms with Gasteiger partial charge in [0.25, 0.3) is 7.82 Å². The summed E-state index contributed by atoms with van der Waals surface area (Å²) in [5.74, 6) is -0.900. The topological polar surface area (TPSA) is 111 Å². The van der Waals surface area contributed by atoms with E-state index in [-0.39, 0.29) is 26.1 Å². The molecule has 0 aromatic rings. The summed E-state index contributed by atoms with van der Waals surface area (Å²) in [4.78, 5) is 37.8. The molecule has 2 atom stereocenters. The van der Waals surface area contributed by atoms with E-state index in [1.807, 2.05) is 27.2 Å². The maximum absolute atomic E-state index is 12.8. The van der Waals surface area contributed by atoms with E-state index in [0.717, 1.165) is 64.2 Å². The lowest BCUT2D eigenvalue weighted by Gasteiger charge is -2.28. The fourth-order valence-electron chi connectivity index (χ4n) is 7.59. The Morgan fingerprint density at radius 2 is 0.814 bits per heavy atom. The minimum Gasteiger partial charge on any atom is -0.756 e. The molecule has 0 rings (SSSR count). The number of nitrogens with zero attached hydrogens (tertiary/aromatic N) is 1. The number of esters is 2. The zero-order valence-electron chi connectivity index (χ0n) is 45.7. The molecular formula is C60H106NO8P. The normalized spacial score (nSPS) is 14.0. The zero-order chi connectivity index (χ0) is 51.3. The SMILES string of the molecule is CC/C=C\C/C=C\C/C=C\C/C=C\C/C=C\C/C=C\C/C=C\CCCC(=O)OC(COC(=O)CCCCCCCCCCCCCCCCCCCCCCCCC)COP(=O)([O-])OCC[N+](C)(C)C. The zero-order valence-corrected chi connectivity index (χ0v) is 46.6. The number of phosphoric acid groups is 1. The molecule has 0 fully saturated rings. The Morgan fingerprint density at radius 3 is 1.20 bits per heavy atom. The average molecular weight is 1000 g/mol. The molecule has 0 aromatic carbocycles. The molecule has 70 heavy (non-hydrogen) atoms. The summed E-state index contributed by atoms with van der Waals surface area (Å²) < 4.78 is 34.1. The monoisotopic (exact) mass is 1000 g/mol. The molecule has 0 N–H and O–H groups in total. The predicted octanol–water partition coefficient (Wildman–Crippen LogP) is 16.8. The van der Waals surface area contributed by atoms with Gasteiger partial charge in [0.15, 0.2) is 6.10 Å².